The molecule has 0 amide bonds. The van der Waals surface area contributed by atoms with Crippen LogP contribution in [0.15, 0.2) is 24.2 Å². The fraction of sp³-hybridized carbons (Fsp3) is 0.167. The van der Waals surface area contributed by atoms with Crippen LogP contribution in [0, 0.1) is 0 Å². The summed E-state index contributed by atoms with van der Waals surface area (Å²) in [4.78, 5) is 0. The van der Waals surface area contributed by atoms with Crippen LogP contribution in [-0.2, 0) is 24.1 Å². The number of rotatable bonds is 3. The van der Waals surface area contributed by atoms with Crippen molar-refractivity contribution in [2.24, 2.45) is 0 Å². The number of hydrogen-bond donors (Lipinski definition) is 1. The number of hydrogen-bond acceptors (Lipinski definition) is 2. The van der Waals surface area contributed by atoms with E-state index in [1.807, 2.05) is 0 Å². The van der Waals surface area contributed by atoms with E-state index in [2.05, 4.69) is 6.58 Å². The fourth-order valence-electron chi connectivity index (χ4n) is 0.351. The first kappa shape index (κ1) is 8.64. The van der Waals surface area contributed by atoms with Crippen molar-refractivity contribution in [3.8, 4) is 0 Å². The van der Waals surface area contributed by atoms with Gasteiger partial charge in [0.2, 0.25) is 0 Å². The van der Waals surface area contributed by atoms with Gasteiger partial charge in [0.05, 0.1) is 0 Å². The molecule has 0 bridgehead atoms. The summed E-state index contributed by atoms with van der Waals surface area (Å²) < 4.78 is 6.37. The van der Waals surface area contributed by atoms with Crippen molar-refractivity contribution >= 4 is 4.40 Å². The number of methoxy groups -OCH3 is 1. The summed E-state index contributed by atoms with van der Waals surface area (Å²) in [6.45, 7) is 3.45. The minimum atomic E-state index is 0.155. The second-order valence-corrected chi connectivity index (χ2v) is 2.12. The Bertz CT molecular complexity index is 149. The van der Waals surface area contributed by atoms with Gasteiger partial charge in [0.25, 0.3) is 0 Å². The zero-order valence-electron chi connectivity index (χ0n) is 5.13. The quantitative estimate of drug-likeness (QED) is 0.620. The van der Waals surface area contributed by atoms with Crippen LogP contribution in [0.3, 0.4) is 0 Å². The standard InChI is InChI=1S/C6H8O2.W/c1-4-6(8-3)5(2)7;/h2,4,7H,1H2,3H3;/b6-5-;. The van der Waals surface area contributed by atoms with Crippen LogP contribution in [0.5, 0.6) is 0 Å². The molecular formula is C6H8O2W. The van der Waals surface area contributed by atoms with Crippen LogP contribution in [-0.4, -0.2) is 16.6 Å². The van der Waals surface area contributed by atoms with Gasteiger partial charge in [-0.25, -0.2) is 0 Å². The first-order valence-electron chi connectivity index (χ1n) is 2.31. The van der Waals surface area contributed by atoms with E-state index in [0.717, 1.165) is 0 Å². The van der Waals surface area contributed by atoms with Gasteiger partial charge in [-0.3, -0.25) is 0 Å². The molecule has 2 nitrogen and oxygen atoms in total. The van der Waals surface area contributed by atoms with Crippen molar-refractivity contribution < 1.29 is 29.2 Å². The summed E-state index contributed by atoms with van der Waals surface area (Å²) in [5.41, 5.74) is 0. The Hall–Kier alpha value is -0.362. The van der Waals surface area contributed by atoms with Crippen molar-refractivity contribution in [2.45, 2.75) is 0 Å². The Kier molecular flexibility index (Phi) is 4.33. The van der Waals surface area contributed by atoms with Crippen LogP contribution >= 0.6 is 0 Å². The minimum absolute atomic E-state index is 0.155. The summed E-state index contributed by atoms with van der Waals surface area (Å²) in [7, 11) is 1.49. The van der Waals surface area contributed by atoms with E-state index in [9.17, 15) is 0 Å². The van der Waals surface area contributed by atoms with E-state index >= 15 is 0 Å². The van der Waals surface area contributed by atoms with E-state index in [4.69, 9.17) is 9.84 Å². The molecule has 1 N–H and O–H groups in total. The van der Waals surface area contributed by atoms with Gasteiger partial charge in [-0.1, -0.05) is 0 Å². The Balaban J connectivity index is 4.36. The molecule has 0 aromatic carbocycles. The molecule has 3 heteroatoms. The van der Waals surface area contributed by atoms with Gasteiger partial charge in [-0.15, -0.1) is 0 Å². The average molecular weight is 296 g/mol. The van der Waals surface area contributed by atoms with Gasteiger partial charge in [0, 0.05) is 0 Å². The van der Waals surface area contributed by atoms with Crippen LogP contribution in [0.2, 0.25) is 0 Å². The first-order valence-corrected chi connectivity index (χ1v) is 4.00. The van der Waals surface area contributed by atoms with E-state index in [-0.39, 0.29) is 5.76 Å². The molecule has 0 aliphatic rings. The molecule has 0 aliphatic carbocycles. The zero-order valence-corrected chi connectivity index (χ0v) is 8.06. The summed E-state index contributed by atoms with van der Waals surface area (Å²) in [5, 5.41) is 8.97. The van der Waals surface area contributed by atoms with E-state index in [1.165, 1.54) is 32.5 Å². The molecule has 0 saturated heterocycles. The molecule has 0 radical (unpaired) electrons. The van der Waals surface area contributed by atoms with Gasteiger partial charge in [0.1, 0.15) is 0 Å². The molecular weight excluding hydrogens is 288 g/mol. The second-order valence-electron chi connectivity index (χ2n) is 1.28. The SMILES string of the molecule is C=C/C(OC)=C(/O)[CH]=[W]. The predicted octanol–water partition coefficient (Wildman–Crippen LogP) is 0.937. The van der Waals surface area contributed by atoms with E-state index < -0.39 is 0 Å². The molecule has 0 saturated carbocycles. The third kappa shape index (κ3) is 2.61. The van der Waals surface area contributed by atoms with Gasteiger partial charge in [-0.05, 0) is 0 Å². The maximum atomic E-state index is 8.97. The first-order chi connectivity index (χ1) is 4.26. The normalized spacial score (nSPS) is 11.7. The summed E-state index contributed by atoms with van der Waals surface area (Å²) in [6.07, 6.45) is 1.47. The van der Waals surface area contributed by atoms with E-state index in [0.29, 0.717) is 5.76 Å². The molecule has 0 fully saturated rings. The third-order valence-electron chi connectivity index (χ3n) is 0.769. The van der Waals surface area contributed by atoms with Gasteiger partial charge < -0.3 is 0 Å². The third-order valence-corrected chi connectivity index (χ3v) is 1.57. The monoisotopic (exact) mass is 296 g/mol. The number of ether oxygens (including phenoxy) is 1. The molecule has 50 valence electrons. The van der Waals surface area contributed by atoms with Crippen molar-refractivity contribution in [1.82, 2.24) is 0 Å². The molecule has 0 spiro atoms. The Morgan fingerprint density at radius 3 is 2.44 bits per heavy atom. The molecule has 0 aromatic rings. The second kappa shape index (κ2) is 4.51. The Morgan fingerprint density at radius 2 is 2.33 bits per heavy atom. The Labute approximate surface area is 65.2 Å². The van der Waals surface area contributed by atoms with Crippen LogP contribution in [0.4, 0.5) is 0 Å². The molecule has 0 unspecified atom stereocenters. The molecule has 0 atom stereocenters. The average Bonchev–Trinajstić information content (AvgIpc) is 1.90. The molecule has 0 rings (SSSR count). The van der Waals surface area contributed by atoms with Crippen LogP contribution in [0.25, 0.3) is 0 Å². The topological polar surface area (TPSA) is 29.5 Å². The maximum absolute atomic E-state index is 8.97. The Morgan fingerprint density at radius 1 is 1.78 bits per heavy atom. The number of aliphatic hydroxyl groups excluding tert-OH is 1. The van der Waals surface area contributed by atoms with E-state index in [1.54, 1.807) is 4.40 Å². The van der Waals surface area contributed by atoms with Crippen molar-refractivity contribution in [3.05, 3.63) is 24.2 Å². The van der Waals surface area contributed by atoms with Crippen LogP contribution in [0.1, 0.15) is 0 Å². The van der Waals surface area contributed by atoms with Gasteiger partial charge in [0.15, 0.2) is 0 Å². The van der Waals surface area contributed by atoms with Crippen LogP contribution < -0.4 is 0 Å². The van der Waals surface area contributed by atoms with Crippen molar-refractivity contribution in [1.29, 1.82) is 0 Å². The summed E-state index contributed by atoms with van der Waals surface area (Å²) in [6, 6.07) is 0. The van der Waals surface area contributed by atoms with Crippen molar-refractivity contribution in [3.63, 3.8) is 0 Å². The fourth-order valence-corrected chi connectivity index (χ4v) is 0.768. The number of allylic oxidation sites excluding steroid dienone is 2. The van der Waals surface area contributed by atoms with Gasteiger partial charge >= 0.3 is 64.9 Å². The van der Waals surface area contributed by atoms with Crippen molar-refractivity contribution in [2.75, 3.05) is 7.11 Å². The molecule has 0 heterocycles. The summed E-state index contributed by atoms with van der Waals surface area (Å²) in [5.74, 6) is 0.576. The summed E-state index contributed by atoms with van der Waals surface area (Å²) >= 11 is 1.18. The zero-order chi connectivity index (χ0) is 7.28. The predicted molar refractivity (Wildman–Crippen MR) is 32.9 cm³/mol. The number of aliphatic hydroxyl groups is 1. The molecule has 0 aromatic heterocycles. The molecule has 9 heavy (non-hydrogen) atoms. The molecule has 0 aliphatic heterocycles. The van der Waals surface area contributed by atoms with Gasteiger partial charge in [-0.2, -0.15) is 0 Å².